The van der Waals surface area contributed by atoms with Crippen LogP contribution in [0.4, 0.5) is 5.69 Å². The minimum absolute atomic E-state index is 0.211. The Morgan fingerprint density at radius 2 is 2.00 bits per heavy atom. The van der Waals surface area contributed by atoms with Crippen molar-refractivity contribution in [2.24, 2.45) is 7.05 Å². The average molecular weight is 334 g/mol. The third-order valence-corrected chi connectivity index (χ3v) is 4.59. The van der Waals surface area contributed by atoms with E-state index in [1.807, 2.05) is 55.7 Å². The van der Waals surface area contributed by atoms with Crippen molar-refractivity contribution >= 4 is 33.7 Å². The van der Waals surface area contributed by atoms with Crippen LogP contribution in [0, 0.1) is 0 Å². The Bertz CT molecular complexity index is 1030. The van der Waals surface area contributed by atoms with E-state index >= 15 is 0 Å². The number of aryl methyl sites for hydroxylation is 1. The number of nitrogens with zero attached hydrogens (tertiary/aromatic N) is 3. The lowest BCUT2D eigenvalue weighted by atomic mass is 10.1. The third kappa shape index (κ3) is 2.79. The van der Waals surface area contributed by atoms with E-state index in [0.717, 1.165) is 27.0 Å². The molecule has 0 saturated heterocycles. The molecule has 0 atom stereocenters. The first-order valence-electron chi connectivity index (χ1n) is 7.44. The van der Waals surface area contributed by atoms with Gasteiger partial charge in [-0.3, -0.25) is 9.48 Å². The van der Waals surface area contributed by atoms with Crippen LogP contribution in [0.15, 0.2) is 60.2 Å². The zero-order valence-electron chi connectivity index (χ0n) is 12.9. The van der Waals surface area contributed by atoms with E-state index in [1.165, 1.54) is 11.3 Å². The van der Waals surface area contributed by atoms with Gasteiger partial charge >= 0.3 is 0 Å². The number of amides is 1. The van der Waals surface area contributed by atoms with Crippen molar-refractivity contribution in [2.75, 3.05) is 5.32 Å². The molecule has 1 amide bonds. The monoisotopic (exact) mass is 334 g/mol. The zero-order chi connectivity index (χ0) is 16.5. The summed E-state index contributed by atoms with van der Waals surface area (Å²) < 4.78 is 1.71. The van der Waals surface area contributed by atoms with Crippen LogP contribution in [0.5, 0.6) is 0 Å². The molecule has 0 aliphatic carbocycles. The molecule has 5 nitrogen and oxygen atoms in total. The summed E-state index contributed by atoms with van der Waals surface area (Å²) in [6.07, 6.45) is 3.62. The summed E-state index contributed by atoms with van der Waals surface area (Å²) in [5, 5.41) is 11.8. The van der Waals surface area contributed by atoms with Crippen molar-refractivity contribution in [1.82, 2.24) is 14.8 Å². The van der Waals surface area contributed by atoms with E-state index in [1.54, 1.807) is 16.3 Å². The lowest BCUT2D eigenvalue weighted by Crippen LogP contribution is -2.12. The van der Waals surface area contributed by atoms with Gasteiger partial charge in [-0.25, -0.2) is 4.98 Å². The van der Waals surface area contributed by atoms with Gasteiger partial charge in [-0.05, 0) is 22.9 Å². The Labute approximate surface area is 142 Å². The maximum absolute atomic E-state index is 12.4. The number of hydrogen-bond donors (Lipinski definition) is 1. The number of carbonyl (C=O) groups excluding carboxylic acids is 1. The highest BCUT2D eigenvalue weighted by Gasteiger charge is 2.13. The van der Waals surface area contributed by atoms with Gasteiger partial charge in [0.25, 0.3) is 5.91 Å². The summed E-state index contributed by atoms with van der Waals surface area (Å²) in [5.74, 6) is -0.211. The first kappa shape index (κ1) is 14.6. The van der Waals surface area contributed by atoms with E-state index in [-0.39, 0.29) is 5.91 Å². The van der Waals surface area contributed by atoms with Gasteiger partial charge in [0.1, 0.15) is 10.7 Å². The summed E-state index contributed by atoms with van der Waals surface area (Å²) >= 11 is 1.43. The fourth-order valence-corrected chi connectivity index (χ4v) is 3.28. The second-order valence-corrected chi connectivity index (χ2v) is 6.31. The molecule has 0 radical (unpaired) electrons. The van der Waals surface area contributed by atoms with Crippen LogP contribution in [-0.2, 0) is 7.05 Å². The summed E-state index contributed by atoms with van der Waals surface area (Å²) in [4.78, 5) is 16.8. The second kappa shape index (κ2) is 5.90. The van der Waals surface area contributed by atoms with Gasteiger partial charge in [-0.1, -0.05) is 30.3 Å². The van der Waals surface area contributed by atoms with Crippen LogP contribution in [0.2, 0.25) is 0 Å². The normalized spacial score (nSPS) is 10.9. The van der Waals surface area contributed by atoms with Gasteiger partial charge in [0.2, 0.25) is 0 Å². The van der Waals surface area contributed by atoms with E-state index in [2.05, 4.69) is 15.4 Å². The van der Waals surface area contributed by atoms with Crippen LogP contribution < -0.4 is 5.32 Å². The maximum Gasteiger partial charge on any atom is 0.275 e. The SMILES string of the molecule is Cn1cc(-c2nc(C(=O)Nc3ccc4ccccc4c3)cs2)cn1. The molecule has 4 rings (SSSR count). The van der Waals surface area contributed by atoms with E-state index < -0.39 is 0 Å². The number of carbonyl (C=O) groups is 1. The summed E-state index contributed by atoms with van der Waals surface area (Å²) in [6.45, 7) is 0. The number of rotatable bonds is 3. The summed E-state index contributed by atoms with van der Waals surface area (Å²) in [6, 6.07) is 13.9. The molecule has 0 unspecified atom stereocenters. The highest BCUT2D eigenvalue weighted by molar-refractivity contribution is 7.13. The minimum Gasteiger partial charge on any atom is -0.321 e. The second-order valence-electron chi connectivity index (χ2n) is 5.46. The third-order valence-electron chi connectivity index (χ3n) is 3.70. The molecular weight excluding hydrogens is 320 g/mol. The van der Waals surface area contributed by atoms with Crippen molar-refractivity contribution in [2.45, 2.75) is 0 Å². The lowest BCUT2D eigenvalue weighted by molar-refractivity contribution is 0.102. The van der Waals surface area contributed by atoms with Gasteiger partial charge in [-0.15, -0.1) is 11.3 Å². The predicted molar refractivity (Wildman–Crippen MR) is 96.2 cm³/mol. The lowest BCUT2D eigenvalue weighted by Gasteiger charge is -2.05. The Hall–Kier alpha value is -2.99. The number of nitrogens with one attached hydrogen (secondary N) is 1. The van der Waals surface area contributed by atoms with Crippen LogP contribution in [0.1, 0.15) is 10.5 Å². The minimum atomic E-state index is -0.211. The van der Waals surface area contributed by atoms with Crippen molar-refractivity contribution in [3.63, 3.8) is 0 Å². The molecule has 0 aliphatic rings. The first-order valence-corrected chi connectivity index (χ1v) is 8.32. The largest absolute Gasteiger partial charge is 0.321 e. The van der Waals surface area contributed by atoms with Gasteiger partial charge in [0.05, 0.1) is 6.20 Å². The van der Waals surface area contributed by atoms with E-state index in [9.17, 15) is 4.79 Å². The van der Waals surface area contributed by atoms with Crippen LogP contribution in [0.25, 0.3) is 21.3 Å². The van der Waals surface area contributed by atoms with Crippen molar-refractivity contribution in [3.05, 3.63) is 65.9 Å². The number of aromatic nitrogens is 3. The van der Waals surface area contributed by atoms with Crippen molar-refractivity contribution in [1.29, 1.82) is 0 Å². The number of fused-ring (bicyclic) bond motifs is 1. The molecule has 24 heavy (non-hydrogen) atoms. The first-order chi connectivity index (χ1) is 11.7. The van der Waals surface area contributed by atoms with Crippen molar-refractivity contribution < 1.29 is 4.79 Å². The summed E-state index contributed by atoms with van der Waals surface area (Å²) in [5.41, 5.74) is 2.08. The predicted octanol–water partition coefficient (Wildman–Crippen LogP) is 3.95. The topological polar surface area (TPSA) is 59.8 Å². The van der Waals surface area contributed by atoms with Crippen LogP contribution in [0.3, 0.4) is 0 Å². The molecule has 0 fully saturated rings. The number of hydrogen-bond acceptors (Lipinski definition) is 4. The Morgan fingerprint density at radius 3 is 2.79 bits per heavy atom. The zero-order valence-corrected chi connectivity index (χ0v) is 13.7. The van der Waals surface area contributed by atoms with Gasteiger partial charge < -0.3 is 5.32 Å². The molecule has 2 heterocycles. The van der Waals surface area contributed by atoms with Crippen LogP contribution >= 0.6 is 11.3 Å². The molecule has 2 aromatic carbocycles. The Kier molecular flexibility index (Phi) is 3.59. The molecule has 2 aromatic heterocycles. The van der Waals surface area contributed by atoms with E-state index in [0.29, 0.717) is 5.69 Å². The highest BCUT2D eigenvalue weighted by atomic mass is 32.1. The average Bonchev–Trinajstić information content (AvgIpc) is 3.23. The smallest absolute Gasteiger partial charge is 0.275 e. The molecule has 118 valence electrons. The van der Waals surface area contributed by atoms with E-state index in [4.69, 9.17) is 0 Å². The van der Waals surface area contributed by atoms with Crippen LogP contribution in [-0.4, -0.2) is 20.7 Å². The number of benzene rings is 2. The fraction of sp³-hybridized carbons (Fsp3) is 0.0556. The Morgan fingerprint density at radius 1 is 1.17 bits per heavy atom. The number of thiazole rings is 1. The molecular formula is C18H14N4OS. The molecule has 4 aromatic rings. The molecule has 0 saturated carbocycles. The van der Waals surface area contributed by atoms with Crippen molar-refractivity contribution in [3.8, 4) is 10.6 Å². The molecule has 6 heteroatoms. The highest BCUT2D eigenvalue weighted by Crippen LogP contribution is 2.24. The molecule has 0 aliphatic heterocycles. The maximum atomic E-state index is 12.4. The Balaban J connectivity index is 1.56. The van der Waals surface area contributed by atoms with Gasteiger partial charge in [-0.2, -0.15) is 5.10 Å². The van der Waals surface area contributed by atoms with Gasteiger partial charge in [0, 0.05) is 29.9 Å². The molecule has 0 spiro atoms. The number of anilines is 1. The summed E-state index contributed by atoms with van der Waals surface area (Å²) in [7, 11) is 1.85. The van der Waals surface area contributed by atoms with Gasteiger partial charge in [0.15, 0.2) is 0 Å². The standard InChI is InChI=1S/C18H14N4OS/c1-22-10-14(9-19-22)18-21-16(11-24-18)17(23)20-15-7-6-12-4-2-3-5-13(12)8-15/h2-11H,1H3,(H,20,23). The molecule has 0 bridgehead atoms. The fourth-order valence-electron chi connectivity index (χ4n) is 2.50. The molecule has 1 N–H and O–H groups in total. The quantitative estimate of drug-likeness (QED) is 0.617.